The van der Waals surface area contributed by atoms with Gasteiger partial charge in [-0.25, -0.2) is 0 Å². The van der Waals surface area contributed by atoms with Crippen molar-refractivity contribution in [1.29, 1.82) is 0 Å². The topological polar surface area (TPSA) is 0 Å². The van der Waals surface area contributed by atoms with Crippen molar-refractivity contribution in [3.63, 3.8) is 0 Å². The molecule has 0 N–H and O–H groups in total. The Kier molecular flexibility index (Phi) is 13.4. The molecule has 0 spiro atoms. The van der Waals surface area contributed by atoms with Gasteiger partial charge in [-0.15, -0.1) is 0 Å². The minimum absolute atomic E-state index is 0.421. The van der Waals surface area contributed by atoms with Crippen molar-refractivity contribution in [3.8, 4) is 0 Å². The summed E-state index contributed by atoms with van der Waals surface area (Å²) in [4.78, 5) is 1.44. The second kappa shape index (κ2) is 11.6. The van der Waals surface area contributed by atoms with Crippen LogP contribution in [-0.2, 0) is 10.9 Å². The minimum Gasteiger partial charge on any atom is -0.0683 e. The van der Waals surface area contributed by atoms with E-state index in [4.69, 9.17) is 0 Å². The van der Waals surface area contributed by atoms with Crippen LogP contribution in [0.3, 0.4) is 0 Å². The van der Waals surface area contributed by atoms with Crippen LogP contribution in [0.1, 0.15) is 27.7 Å². The van der Waals surface area contributed by atoms with E-state index in [0.29, 0.717) is 10.9 Å². The molecule has 0 aromatic heterocycles. The number of rotatable bonds is 1. The van der Waals surface area contributed by atoms with E-state index < -0.39 is 0 Å². The Morgan fingerprint density at radius 1 is 0.769 bits per heavy atom. The van der Waals surface area contributed by atoms with Gasteiger partial charge < -0.3 is 0 Å². The molecule has 0 amide bonds. The molecule has 0 aliphatic heterocycles. The summed E-state index contributed by atoms with van der Waals surface area (Å²) in [5.41, 5.74) is 0. The summed E-state index contributed by atoms with van der Waals surface area (Å²) in [5, 5.41) is 0. The average molecular weight is 199 g/mol. The first-order valence-corrected chi connectivity index (χ1v) is 6.97. The van der Waals surface area contributed by atoms with E-state index in [1.54, 1.807) is 0 Å². The first kappa shape index (κ1) is 15.1. The molecule has 13 heavy (non-hydrogen) atoms. The van der Waals surface area contributed by atoms with Crippen LogP contribution in [0, 0.1) is 0 Å². The molecule has 0 atom stereocenters. The van der Waals surface area contributed by atoms with Crippen molar-refractivity contribution in [2.75, 3.05) is 12.5 Å². The Balaban J connectivity index is 0. The van der Waals surface area contributed by atoms with Crippen LogP contribution in [0.25, 0.3) is 0 Å². The number of hydrogen-bond acceptors (Lipinski definition) is 0. The van der Waals surface area contributed by atoms with Gasteiger partial charge in [0, 0.05) is 10.9 Å². The Labute approximate surface area is 86.7 Å². The summed E-state index contributed by atoms with van der Waals surface area (Å²) in [6, 6.07) is 10.6. The van der Waals surface area contributed by atoms with Gasteiger partial charge in [0.25, 0.3) is 0 Å². The Morgan fingerprint density at radius 3 is 1.38 bits per heavy atom. The van der Waals surface area contributed by atoms with Gasteiger partial charge in [0.2, 0.25) is 0 Å². The van der Waals surface area contributed by atoms with Crippen LogP contribution in [0.5, 0.6) is 0 Å². The van der Waals surface area contributed by atoms with Gasteiger partial charge in [-0.1, -0.05) is 45.9 Å². The second-order valence-electron chi connectivity index (χ2n) is 2.13. The fraction of sp³-hybridized carbons (Fsp3) is 0.500. The average Bonchev–Trinajstić information content (AvgIpc) is 2.25. The third-order valence-electron chi connectivity index (χ3n) is 1.21. The lowest BCUT2D eigenvalue weighted by Crippen LogP contribution is -1.93. The molecular weight excluding hydrogens is 176 g/mol. The molecule has 1 rings (SSSR count). The zero-order valence-electron chi connectivity index (χ0n) is 9.79. The molecule has 0 saturated heterocycles. The van der Waals surface area contributed by atoms with E-state index in [1.807, 2.05) is 27.7 Å². The van der Waals surface area contributed by atoms with Crippen LogP contribution >= 0.6 is 0 Å². The molecule has 1 heteroatoms. The van der Waals surface area contributed by atoms with E-state index in [0.717, 1.165) is 0 Å². The van der Waals surface area contributed by atoms with Crippen LogP contribution in [0.15, 0.2) is 35.2 Å². The maximum Gasteiger partial charge on any atom is 0.154 e. The van der Waals surface area contributed by atoms with E-state index in [1.165, 1.54) is 4.90 Å². The third-order valence-corrected chi connectivity index (χ3v) is 2.43. The first-order valence-electron chi connectivity index (χ1n) is 4.93. The molecule has 76 valence electrons. The molecule has 0 bridgehead atoms. The van der Waals surface area contributed by atoms with Gasteiger partial charge in [0.1, 0.15) is 12.5 Å². The molecule has 0 aliphatic carbocycles. The summed E-state index contributed by atoms with van der Waals surface area (Å²) in [7, 11) is 0.421. The lowest BCUT2D eigenvalue weighted by Gasteiger charge is -1.91. The fourth-order valence-electron chi connectivity index (χ4n) is 0.693. The van der Waals surface area contributed by atoms with Crippen LogP contribution in [0.4, 0.5) is 0 Å². The van der Waals surface area contributed by atoms with Crippen LogP contribution in [0.2, 0.25) is 0 Å². The van der Waals surface area contributed by atoms with Gasteiger partial charge >= 0.3 is 0 Å². The van der Waals surface area contributed by atoms with Crippen molar-refractivity contribution < 1.29 is 0 Å². The molecule has 1 aromatic carbocycles. The minimum atomic E-state index is 0.421. The lowest BCUT2D eigenvalue weighted by molar-refractivity contribution is 1.45. The lowest BCUT2D eigenvalue weighted by atomic mass is 10.4. The van der Waals surface area contributed by atoms with Gasteiger partial charge in [-0.3, -0.25) is 0 Å². The summed E-state index contributed by atoms with van der Waals surface area (Å²) in [5.74, 6) is 0. The van der Waals surface area contributed by atoms with Crippen LogP contribution < -0.4 is 0 Å². The highest BCUT2D eigenvalue weighted by atomic mass is 32.2. The fourth-order valence-corrected chi connectivity index (χ4v) is 1.39. The maximum absolute atomic E-state index is 2.23. The van der Waals surface area contributed by atoms with Crippen molar-refractivity contribution in [2.24, 2.45) is 0 Å². The van der Waals surface area contributed by atoms with E-state index in [2.05, 4.69) is 42.8 Å². The zero-order chi connectivity index (χ0) is 10.7. The molecule has 0 saturated carbocycles. The summed E-state index contributed by atoms with van der Waals surface area (Å²) < 4.78 is 0. The quantitative estimate of drug-likeness (QED) is 0.600. The van der Waals surface area contributed by atoms with E-state index >= 15 is 0 Å². The molecule has 0 radical (unpaired) electrons. The van der Waals surface area contributed by atoms with Crippen molar-refractivity contribution in [1.82, 2.24) is 0 Å². The molecule has 0 fully saturated rings. The molecule has 0 unspecified atom stereocenters. The number of hydrogen-bond donors (Lipinski definition) is 0. The predicted molar refractivity (Wildman–Crippen MR) is 66.6 cm³/mol. The van der Waals surface area contributed by atoms with E-state index in [-0.39, 0.29) is 0 Å². The predicted octanol–water partition coefficient (Wildman–Crippen LogP) is 3.98. The maximum atomic E-state index is 2.23. The van der Waals surface area contributed by atoms with Crippen LogP contribution in [-0.4, -0.2) is 12.5 Å². The Bertz CT molecular complexity index is 168. The van der Waals surface area contributed by atoms with Gasteiger partial charge in [0.05, 0.1) is 0 Å². The zero-order valence-corrected chi connectivity index (χ0v) is 10.6. The first-order chi connectivity index (χ1) is 6.30. The Hall–Kier alpha value is -0.430. The van der Waals surface area contributed by atoms with Gasteiger partial charge in [-0.2, -0.15) is 0 Å². The van der Waals surface area contributed by atoms with Crippen molar-refractivity contribution in [3.05, 3.63) is 30.3 Å². The molecule has 1 aromatic rings. The highest BCUT2D eigenvalue weighted by molar-refractivity contribution is 7.95. The summed E-state index contributed by atoms with van der Waals surface area (Å²) >= 11 is 0. The normalized spacial score (nSPS) is 7.92. The monoisotopic (exact) mass is 199 g/mol. The van der Waals surface area contributed by atoms with Gasteiger partial charge in [0.15, 0.2) is 4.90 Å². The van der Waals surface area contributed by atoms with E-state index in [9.17, 15) is 0 Å². The third kappa shape index (κ3) is 7.92. The summed E-state index contributed by atoms with van der Waals surface area (Å²) in [6.45, 7) is 8.00. The van der Waals surface area contributed by atoms with Gasteiger partial charge in [-0.05, 0) is 12.1 Å². The largest absolute Gasteiger partial charge is 0.154 e. The smallest absolute Gasteiger partial charge is 0.0683 e. The van der Waals surface area contributed by atoms with Crippen molar-refractivity contribution >= 4 is 10.9 Å². The molecule has 0 heterocycles. The molecular formula is C12H23S+. The molecule has 0 nitrogen and oxygen atoms in total. The standard InChI is InChI=1S/C8H11S.2C2H6/c1-9(2)8-6-4-3-5-7-8;2*1-2/h3-7H,1-2H3;2*1-2H3/q+1;;. The SMILES string of the molecule is CC.CC.C[S+](C)c1ccccc1. The second-order valence-corrected chi connectivity index (χ2v) is 4.23. The highest BCUT2D eigenvalue weighted by Gasteiger charge is 2.03. The summed E-state index contributed by atoms with van der Waals surface area (Å²) in [6.07, 6.45) is 4.46. The highest BCUT2D eigenvalue weighted by Crippen LogP contribution is 2.05. The number of benzene rings is 1. The van der Waals surface area contributed by atoms with Crippen molar-refractivity contribution in [2.45, 2.75) is 32.6 Å². The molecule has 0 aliphatic rings. The Morgan fingerprint density at radius 2 is 1.15 bits per heavy atom.